The zero-order valence-corrected chi connectivity index (χ0v) is 8.66. The Morgan fingerprint density at radius 3 is 2.31 bits per heavy atom. The molecule has 3 heteroatoms. The van der Waals surface area contributed by atoms with Gasteiger partial charge in [-0.3, -0.25) is 4.79 Å². The summed E-state index contributed by atoms with van der Waals surface area (Å²) in [4.78, 5) is 12.9. The molecular weight excluding hydrogens is 182 g/mol. The van der Waals surface area contributed by atoms with Crippen molar-refractivity contribution in [3.05, 3.63) is 30.3 Å². The molecule has 0 bridgehead atoms. The normalized spacial score (nSPS) is 12.2. The molecule has 1 atom stereocenters. The standard InChI is InChI=1S/C10H13NOS/c1-8(12)11(9(2)13)10-6-4-3-5-7-10/h3-7,9,13H,1-2H3. The highest BCUT2D eigenvalue weighted by Crippen LogP contribution is 2.17. The van der Waals surface area contributed by atoms with Gasteiger partial charge in [0, 0.05) is 12.6 Å². The van der Waals surface area contributed by atoms with Gasteiger partial charge < -0.3 is 4.90 Å². The van der Waals surface area contributed by atoms with Gasteiger partial charge in [0.15, 0.2) is 0 Å². The van der Waals surface area contributed by atoms with Crippen LogP contribution in [0.2, 0.25) is 0 Å². The highest BCUT2D eigenvalue weighted by atomic mass is 32.1. The second kappa shape index (κ2) is 4.33. The van der Waals surface area contributed by atoms with Crippen LogP contribution in [0.3, 0.4) is 0 Å². The molecule has 0 fully saturated rings. The number of anilines is 1. The van der Waals surface area contributed by atoms with Crippen molar-refractivity contribution in [1.29, 1.82) is 0 Å². The van der Waals surface area contributed by atoms with E-state index in [2.05, 4.69) is 12.6 Å². The molecule has 1 aromatic carbocycles. The number of hydrogen-bond acceptors (Lipinski definition) is 2. The smallest absolute Gasteiger partial charge is 0.224 e. The summed E-state index contributed by atoms with van der Waals surface area (Å²) in [6.45, 7) is 3.41. The first-order chi connectivity index (χ1) is 6.13. The highest BCUT2D eigenvalue weighted by Gasteiger charge is 2.14. The van der Waals surface area contributed by atoms with Crippen molar-refractivity contribution in [3.63, 3.8) is 0 Å². The molecule has 70 valence electrons. The zero-order valence-electron chi connectivity index (χ0n) is 7.77. The van der Waals surface area contributed by atoms with Crippen LogP contribution in [-0.2, 0) is 4.79 Å². The number of rotatable bonds is 2. The van der Waals surface area contributed by atoms with Crippen LogP contribution in [0.4, 0.5) is 5.69 Å². The maximum atomic E-state index is 11.3. The Kier molecular flexibility index (Phi) is 3.37. The largest absolute Gasteiger partial charge is 0.301 e. The third-order valence-electron chi connectivity index (χ3n) is 1.75. The average molecular weight is 195 g/mol. The molecule has 1 amide bonds. The summed E-state index contributed by atoms with van der Waals surface area (Å²) in [6.07, 6.45) is 0. The van der Waals surface area contributed by atoms with Crippen LogP contribution in [0.1, 0.15) is 13.8 Å². The van der Waals surface area contributed by atoms with E-state index in [9.17, 15) is 4.79 Å². The van der Waals surface area contributed by atoms with Gasteiger partial charge in [-0.2, -0.15) is 12.6 Å². The third kappa shape index (κ3) is 2.49. The Hall–Kier alpha value is -0.960. The monoisotopic (exact) mass is 195 g/mol. The minimum absolute atomic E-state index is 0.00806. The summed E-state index contributed by atoms with van der Waals surface area (Å²) in [5.74, 6) is 0.00806. The van der Waals surface area contributed by atoms with E-state index < -0.39 is 0 Å². The van der Waals surface area contributed by atoms with Crippen LogP contribution in [0, 0.1) is 0 Å². The molecule has 1 unspecified atom stereocenters. The topological polar surface area (TPSA) is 20.3 Å². The fourth-order valence-electron chi connectivity index (χ4n) is 1.25. The van der Waals surface area contributed by atoms with Crippen LogP contribution in [0.15, 0.2) is 30.3 Å². The molecule has 13 heavy (non-hydrogen) atoms. The molecule has 0 aliphatic heterocycles. The first kappa shape index (κ1) is 10.1. The number of para-hydroxylation sites is 1. The van der Waals surface area contributed by atoms with Crippen LogP contribution >= 0.6 is 12.6 Å². The van der Waals surface area contributed by atoms with Crippen molar-refractivity contribution in [2.75, 3.05) is 4.90 Å². The minimum atomic E-state index is -0.0973. The first-order valence-corrected chi connectivity index (χ1v) is 4.67. The van der Waals surface area contributed by atoms with Gasteiger partial charge >= 0.3 is 0 Å². The molecule has 0 saturated heterocycles. The SMILES string of the molecule is CC(=O)N(c1ccccc1)C(C)S. The van der Waals surface area contributed by atoms with Crippen LogP contribution < -0.4 is 4.90 Å². The molecule has 1 aromatic rings. The summed E-state index contributed by atoms with van der Waals surface area (Å²) in [6, 6.07) is 9.52. The van der Waals surface area contributed by atoms with Crippen LogP contribution in [0.25, 0.3) is 0 Å². The lowest BCUT2D eigenvalue weighted by atomic mass is 10.3. The van der Waals surface area contributed by atoms with Gasteiger partial charge in [-0.15, -0.1) is 0 Å². The van der Waals surface area contributed by atoms with Crippen LogP contribution in [0.5, 0.6) is 0 Å². The lowest BCUT2D eigenvalue weighted by molar-refractivity contribution is -0.116. The van der Waals surface area contributed by atoms with Gasteiger partial charge in [0.05, 0.1) is 5.37 Å². The maximum Gasteiger partial charge on any atom is 0.224 e. The molecule has 0 aliphatic rings. The number of hydrogen-bond donors (Lipinski definition) is 1. The quantitative estimate of drug-likeness (QED) is 0.567. The van der Waals surface area contributed by atoms with E-state index in [4.69, 9.17) is 0 Å². The van der Waals surface area contributed by atoms with E-state index in [1.54, 1.807) is 11.8 Å². The Labute approximate surface area is 84.0 Å². The van der Waals surface area contributed by atoms with Crippen molar-refractivity contribution in [3.8, 4) is 0 Å². The van der Waals surface area contributed by atoms with E-state index in [1.165, 1.54) is 0 Å². The van der Waals surface area contributed by atoms with Gasteiger partial charge in [0.2, 0.25) is 5.91 Å². The molecular formula is C10H13NOS. The number of thiol groups is 1. The van der Waals surface area contributed by atoms with E-state index in [0.717, 1.165) is 5.69 Å². The van der Waals surface area contributed by atoms with Gasteiger partial charge in [-0.05, 0) is 19.1 Å². The molecule has 0 aliphatic carbocycles. The van der Waals surface area contributed by atoms with Gasteiger partial charge in [0.1, 0.15) is 0 Å². The van der Waals surface area contributed by atoms with Gasteiger partial charge in [0.25, 0.3) is 0 Å². The van der Waals surface area contributed by atoms with Crippen LogP contribution in [-0.4, -0.2) is 11.3 Å². The minimum Gasteiger partial charge on any atom is -0.301 e. The zero-order chi connectivity index (χ0) is 9.84. The summed E-state index contributed by atoms with van der Waals surface area (Å²) < 4.78 is 0. The number of carbonyl (C=O) groups excluding carboxylic acids is 1. The summed E-state index contributed by atoms with van der Waals surface area (Å²) in [5, 5.41) is -0.0973. The van der Waals surface area contributed by atoms with Gasteiger partial charge in [-0.25, -0.2) is 0 Å². The Morgan fingerprint density at radius 1 is 1.38 bits per heavy atom. The first-order valence-electron chi connectivity index (χ1n) is 4.16. The van der Waals surface area contributed by atoms with E-state index in [-0.39, 0.29) is 11.3 Å². The second-order valence-corrected chi connectivity index (χ2v) is 3.60. The molecule has 0 saturated carbocycles. The lowest BCUT2D eigenvalue weighted by Gasteiger charge is -2.24. The fourth-order valence-corrected chi connectivity index (χ4v) is 1.55. The molecule has 0 N–H and O–H groups in total. The van der Waals surface area contributed by atoms with E-state index in [0.29, 0.717) is 0 Å². The molecule has 0 spiro atoms. The molecule has 0 radical (unpaired) electrons. The molecule has 0 aromatic heterocycles. The maximum absolute atomic E-state index is 11.3. The summed E-state index contributed by atoms with van der Waals surface area (Å²) in [5.41, 5.74) is 0.887. The predicted octanol–water partition coefficient (Wildman–Crippen LogP) is 2.32. The Bertz CT molecular complexity index is 284. The van der Waals surface area contributed by atoms with Crippen molar-refractivity contribution in [2.45, 2.75) is 19.2 Å². The fraction of sp³-hybridized carbons (Fsp3) is 0.300. The molecule has 0 heterocycles. The number of carbonyl (C=O) groups is 1. The third-order valence-corrected chi connectivity index (χ3v) is 1.98. The van der Waals surface area contributed by atoms with E-state index in [1.807, 2.05) is 37.3 Å². The Morgan fingerprint density at radius 2 is 1.92 bits per heavy atom. The van der Waals surface area contributed by atoms with E-state index >= 15 is 0 Å². The number of amides is 1. The second-order valence-electron chi connectivity index (χ2n) is 2.86. The summed E-state index contributed by atoms with van der Waals surface area (Å²) >= 11 is 4.25. The summed E-state index contributed by atoms with van der Waals surface area (Å²) in [7, 11) is 0. The lowest BCUT2D eigenvalue weighted by Crippen LogP contribution is -2.33. The van der Waals surface area contributed by atoms with Crippen molar-refractivity contribution < 1.29 is 4.79 Å². The van der Waals surface area contributed by atoms with Crippen molar-refractivity contribution in [1.82, 2.24) is 0 Å². The van der Waals surface area contributed by atoms with Gasteiger partial charge in [-0.1, -0.05) is 18.2 Å². The average Bonchev–Trinajstić information content (AvgIpc) is 2.04. The van der Waals surface area contributed by atoms with Crippen molar-refractivity contribution in [2.24, 2.45) is 0 Å². The molecule has 2 nitrogen and oxygen atoms in total. The van der Waals surface area contributed by atoms with Crippen molar-refractivity contribution >= 4 is 24.2 Å². The predicted molar refractivity (Wildman–Crippen MR) is 58.1 cm³/mol. The number of benzene rings is 1. The Balaban J connectivity index is 2.96. The highest BCUT2D eigenvalue weighted by molar-refractivity contribution is 7.81. The molecule has 1 rings (SSSR count). The number of nitrogens with zero attached hydrogens (tertiary/aromatic N) is 1.